The normalized spacial score (nSPS) is 17.3. The summed E-state index contributed by atoms with van der Waals surface area (Å²) in [7, 11) is -1.50. The molecule has 0 aromatic heterocycles. The first-order valence-electron chi connectivity index (χ1n) is 9.06. The van der Waals surface area contributed by atoms with Crippen LogP contribution in [0.15, 0.2) is 30.3 Å². The van der Waals surface area contributed by atoms with Crippen LogP contribution in [0.4, 0.5) is 0 Å². The van der Waals surface area contributed by atoms with Gasteiger partial charge < -0.3 is 0 Å². The number of benzene rings is 1. The van der Waals surface area contributed by atoms with Gasteiger partial charge in [-0.25, -0.2) is 0 Å². The van der Waals surface area contributed by atoms with Crippen molar-refractivity contribution in [3.8, 4) is 0 Å². The maximum atomic E-state index is 6.23. The number of halogens is 2. The molecule has 1 aromatic carbocycles. The summed E-state index contributed by atoms with van der Waals surface area (Å²) in [6, 6.07) is 8.77. The van der Waals surface area contributed by atoms with Crippen LogP contribution in [0.5, 0.6) is 0 Å². The molecule has 1 aliphatic rings. The molecule has 2 rings (SSSR count). The number of rotatable bonds is 6. The van der Waals surface area contributed by atoms with Crippen LogP contribution < -0.4 is 3.80 Å². The Kier molecular flexibility index (Phi) is 8.82. The molecular weight excluding hydrogens is 417 g/mol. The second-order valence-corrected chi connectivity index (χ2v) is 24.1. The van der Waals surface area contributed by atoms with E-state index in [1.807, 2.05) is 0 Å². The van der Waals surface area contributed by atoms with Crippen LogP contribution in [-0.2, 0) is 19.5 Å². The second-order valence-electron chi connectivity index (χ2n) is 9.95. The van der Waals surface area contributed by atoms with Crippen LogP contribution in [-0.4, -0.2) is 25.3 Å². The fourth-order valence-electron chi connectivity index (χ4n) is 4.04. The molecule has 0 fully saturated rings. The summed E-state index contributed by atoms with van der Waals surface area (Å²) in [6.45, 7) is 14.4. The maximum absolute atomic E-state index is 6.23. The molecule has 0 amide bonds. The third-order valence-electron chi connectivity index (χ3n) is 4.79. The van der Waals surface area contributed by atoms with Crippen molar-refractivity contribution in [2.24, 2.45) is 0 Å². The van der Waals surface area contributed by atoms with Gasteiger partial charge in [-0.1, -0.05) is 0 Å². The summed E-state index contributed by atoms with van der Waals surface area (Å²) in [6.07, 6.45) is 4.67. The van der Waals surface area contributed by atoms with Gasteiger partial charge in [0.2, 0.25) is 0 Å². The molecule has 1 atom stereocenters. The van der Waals surface area contributed by atoms with Gasteiger partial charge in [-0.15, -0.1) is 24.8 Å². The van der Waals surface area contributed by atoms with E-state index in [4.69, 9.17) is 9.24 Å². The predicted octanol–water partition coefficient (Wildman–Crippen LogP) is 6.34. The fourth-order valence-corrected chi connectivity index (χ4v) is 13.4. The molecule has 0 saturated carbocycles. The zero-order valence-electron chi connectivity index (χ0n) is 17.4. The minimum absolute atomic E-state index is 0. The summed E-state index contributed by atoms with van der Waals surface area (Å²) < 4.78 is 11.8. The van der Waals surface area contributed by atoms with Crippen LogP contribution >= 0.6 is 24.8 Å². The number of hydrogen-bond donors (Lipinski definition) is 1. The molecule has 1 aromatic rings. The molecule has 1 aliphatic carbocycles. The van der Waals surface area contributed by atoms with Gasteiger partial charge in [0.25, 0.3) is 0 Å². The number of fused-ring (bicyclic) bond motifs is 1. The Hall–Kier alpha value is 0.261. The van der Waals surface area contributed by atoms with Gasteiger partial charge in [-0.05, 0) is 0 Å². The van der Waals surface area contributed by atoms with Gasteiger partial charge in [0, 0.05) is 0 Å². The third-order valence-corrected chi connectivity index (χ3v) is 14.3. The zero-order valence-corrected chi connectivity index (χ0v) is 21.6. The van der Waals surface area contributed by atoms with Crippen LogP contribution in [0.2, 0.25) is 29.6 Å². The fraction of sp³-hybridized carbons (Fsp3) is 0.550. The summed E-state index contributed by atoms with van der Waals surface area (Å²) in [5, 5.41) is 2.45. The summed E-state index contributed by atoms with van der Waals surface area (Å²) in [5.41, 5.74) is 2.85. The van der Waals surface area contributed by atoms with Gasteiger partial charge >= 0.3 is 151 Å². The average Bonchev–Trinajstić information content (AvgIpc) is 2.79. The Bertz CT molecular complexity index is 706. The van der Waals surface area contributed by atoms with Gasteiger partial charge in [0.05, 0.1) is 0 Å². The van der Waals surface area contributed by atoms with Crippen molar-refractivity contribution >= 4 is 44.0 Å². The zero-order chi connectivity index (χ0) is 18.3. The van der Waals surface area contributed by atoms with E-state index in [2.05, 4.69) is 85.9 Å². The molecule has 2 nitrogen and oxygen atoms in total. The molecule has 26 heavy (non-hydrogen) atoms. The van der Waals surface area contributed by atoms with Crippen LogP contribution in [0, 0.1) is 0 Å². The Morgan fingerprint density at radius 3 is 2.27 bits per heavy atom. The van der Waals surface area contributed by atoms with Gasteiger partial charge in [0.1, 0.15) is 0 Å². The van der Waals surface area contributed by atoms with Crippen molar-refractivity contribution in [3.63, 3.8) is 0 Å². The van der Waals surface area contributed by atoms with Crippen LogP contribution in [0.3, 0.4) is 0 Å². The third kappa shape index (κ3) is 6.70. The molecule has 0 bridgehead atoms. The van der Waals surface area contributed by atoms with Gasteiger partial charge in [0.15, 0.2) is 0 Å². The first kappa shape index (κ1) is 26.3. The predicted molar refractivity (Wildman–Crippen MR) is 123 cm³/mol. The summed E-state index contributed by atoms with van der Waals surface area (Å²) in [4.78, 5) is 4.95. The molecule has 0 heterocycles. The molecular formula is C20H37Cl2NOSiTi. The number of allylic oxidation sites excluding steroid dienone is 1. The molecule has 6 heteroatoms. The summed E-state index contributed by atoms with van der Waals surface area (Å²) in [5.74, 6) is 0. The van der Waals surface area contributed by atoms with E-state index in [9.17, 15) is 0 Å². The van der Waals surface area contributed by atoms with E-state index in [0.717, 1.165) is 11.3 Å². The minimum atomic E-state index is -3.31. The molecule has 1 N–H and O–H groups in total. The van der Waals surface area contributed by atoms with Crippen molar-refractivity contribution < 1.29 is 19.5 Å². The molecule has 0 saturated heterocycles. The van der Waals surface area contributed by atoms with E-state index in [0.29, 0.717) is 4.22 Å². The summed E-state index contributed by atoms with van der Waals surface area (Å²) >= 11 is -3.31. The van der Waals surface area contributed by atoms with Gasteiger partial charge in [-0.3, -0.25) is 0 Å². The van der Waals surface area contributed by atoms with Crippen LogP contribution in [0.1, 0.15) is 36.1 Å². The molecule has 0 aliphatic heterocycles. The van der Waals surface area contributed by atoms with Crippen LogP contribution in [0.25, 0.3) is 6.08 Å². The first-order chi connectivity index (χ1) is 10.8. The number of hydrogen-bond acceptors (Lipinski definition) is 2. The van der Waals surface area contributed by atoms with E-state index in [1.165, 1.54) is 11.1 Å². The second kappa shape index (κ2) is 8.73. The topological polar surface area (TPSA) is 21.3 Å². The van der Waals surface area contributed by atoms with E-state index >= 15 is 0 Å². The molecule has 150 valence electrons. The monoisotopic (exact) mass is 453 g/mol. The van der Waals surface area contributed by atoms with Crippen molar-refractivity contribution in [1.29, 1.82) is 0 Å². The first-order valence-corrected chi connectivity index (χ1v) is 17.9. The SMILES string of the molecule is Cl.Cl.[CH2]=[Ti]([CH3])([CH2]CO[Si](C)(C)C)([NH]C(C)(C)C)[CH]1C=Cc2ccccc21. The van der Waals surface area contributed by atoms with Crippen molar-refractivity contribution in [1.82, 2.24) is 3.80 Å². The Morgan fingerprint density at radius 1 is 1.15 bits per heavy atom. The Balaban J connectivity index is 0.00000312. The Morgan fingerprint density at radius 2 is 1.73 bits per heavy atom. The van der Waals surface area contributed by atoms with Crippen molar-refractivity contribution in [2.75, 3.05) is 6.61 Å². The van der Waals surface area contributed by atoms with Gasteiger partial charge in [-0.2, -0.15) is 0 Å². The van der Waals surface area contributed by atoms with E-state index in [-0.39, 0.29) is 30.4 Å². The molecule has 0 spiro atoms. The number of nitrogens with one attached hydrogen (secondary N) is 1. The quantitative estimate of drug-likeness (QED) is 0.507. The van der Waals surface area contributed by atoms with Crippen molar-refractivity contribution in [2.45, 2.75) is 60.1 Å². The Labute approximate surface area is 174 Å². The van der Waals surface area contributed by atoms with E-state index < -0.39 is 23.4 Å². The molecule has 0 radical (unpaired) electrons. The average molecular weight is 454 g/mol. The standard InChI is InChI=1S/C9H7.C5H13OSi.C4H10N.CH3.CH2.2ClH.Ti/c1-2-5-9-7-3-6-8(9)4-1;1-5-6-7(2,3)4;1-4(2,3)5;;;;;/h1-7H;1,5H2,2-4H3;5H,1-3H3;1H3;1H2;2*1H;/q;;-1;;;;;+1. The molecule has 1 unspecified atom stereocenters. The van der Waals surface area contributed by atoms with E-state index in [1.54, 1.807) is 0 Å². The van der Waals surface area contributed by atoms with Crippen molar-refractivity contribution in [3.05, 3.63) is 41.5 Å².